The summed E-state index contributed by atoms with van der Waals surface area (Å²) in [5.41, 5.74) is 10.00. The SMILES string of the molecule is CC1C(N)CCN1Cc1ccc(-c2ccccc2)cc1. The Hall–Kier alpha value is -1.64. The standard InChI is InChI=1S/C18H22N2/c1-14-18(19)11-12-20(14)13-15-7-9-17(10-8-15)16-5-3-2-4-6-16/h2-10,14,18H,11-13,19H2,1H3. The molecule has 1 aliphatic heterocycles. The van der Waals surface area contributed by atoms with E-state index in [1.54, 1.807) is 0 Å². The Morgan fingerprint density at radius 1 is 1.00 bits per heavy atom. The number of hydrogen-bond acceptors (Lipinski definition) is 2. The summed E-state index contributed by atoms with van der Waals surface area (Å²) in [7, 11) is 0. The number of rotatable bonds is 3. The van der Waals surface area contributed by atoms with E-state index in [0.717, 1.165) is 19.5 Å². The maximum atomic E-state index is 6.08. The van der Waals surface area contributed by atoms with E-state index in [2.05, 4.69) is 66.4 Å². The predicted molar refractivity (Wildman–Crippen MR) is 84.3 cm³/mol. The van der Waals surface area contributed by atoms with E-state index < -0.39 is 0 Å². The van der Waals surface area contributed by atoms with Crippen LogP contribution in [0.4, 0.5) is 0 Å². The quantitative estimate of drug-likeness (QED) is 0.924. The summed E-state index contributed by atoms with van der Waals surface area (Å²) >= 11 is 0. The topological polar surface area (TPSA) is 29.3 Å². The maximum absolute atomic E-state index is 6.08. The zero-order valence-electron chi connectivity index (χ0n) is 12.0. The predicted octanol–water partition coefficient (Wildman–Crippen LogP) is 3.28. The van der Waals surface area contributed by atoms with Gasteiger partial charge in [-0.2, -0.15) is 0 Å². The van der Waals surface area contributed by atoms with Crippen LogP contribution < -0.4 is 5.73 Å². The van der Waals surface area contributed by atoms with Gasteiger partial charge in [-0.3, -0.25) is 4.90 Å². The van der Waals surface area contributed by atoms with Crippen LogP contribution in [0.1, 0.15) is 18.9 Å². The molecule has 1 fully saturated rings. The van der Waals surface area contributed by atoms with Crippen molar-refractivity contribution in [3.05, 3.63) is 60.2 Å². The molecule has 0 amide bonds. The van der Waals surface area contributed by atoms with E-state index in [0.29, 0.717) is 12.1 Å². The van der Waals surface area contributed by atoms with Crippen LogP contribution in [0.5, 0.6) is 0 Å². The lowest BCUT2D eigenvalue weighted by Gasteiger charge is -2.23. The first-order valence-corrected chi connectivity index (χ1v) is 7.38. The van der Waals surface area contributed by atoms with Gasteiger partial charge in [0.25, 0.3) is 0 Å². The third-order valence-electron chi connectivity index (χ3n) is 4.39. The average molecular weight is 266 g/mol. The summed E-state index contributed by atoms with van der Waals surface area (Å²) in [4.78, 5) is 2.47. The fraction of sp³-hybridized carbons (Fsp3) is 0.333. The largest absolute Gasteiger partial charge is 0.326 e. The minimum atomic E-state index is 0.332. The molecule has 2 aromatic carbocycles. The maximum Gasteiger partial charge on any atom is 0.0237 e. The fourth-order valence-electron chi connectivity index (χ4n) is 2.92. The molecular weight excluding hydrogens is 244 g/mol. The second kappa shape index (κ2) is 5.78. The van der Waals surface area contributed by atoms with Gasteiger partial charge in [0.15, 0.2) is 0 Å². The van der Waals surface area contributed by atoms with Crippen molar-refractivity contribution in [2.24, 2.45) is 5.73 Å². The Kier molecular flexibility index (Phi) is 3.86. The van der Waals surface area contributed by atoms with Crippen molar-refractivity contribution in [2.45, 2.75) is 32.0 Å². The Morgan fingerprint density at radius 3 is 2.25 bits per heavy atom. The van der Waals surface area contributed by atoms with Crippen molar-refractivity contribution >= 4 is 0 Å². The van der Waals surface area contributed by atoms with Crippen LogP contribution >= 0.6 is 0 Å². The number of nitrogens with zero attached hydrogens (tertiary/aromatic N) is 1. The molecule has 2 unspecified atom stereocenters. The highest BCUT2D eigenvalue weighted by molar-refractivity contribution is 5.63. The van der Waals surface area contributed by atoms with E-state index >= 15 is 0 Å². The number of likely N-dealkylation sites (tertiary alicyclic amines) is 1. The van der Waals surface area contributed by atoms with Crippen molar-refractivity contribution in [3.63, 3.8) is 0 Å². The molecule has 2 nitrogen and oxygen atoms in total. The molecule has 1 aliphatic rings. The van der Waals surface area contributed by atoms with Gasteiger partial charge in [0.2, 0.25) is 0 Å². The third-order valence-corrected chi connectivity index (χ3v) is 4.39. The summed E-state index contributed by atoms with van der Waals surface area (Å²) in [6.45, 7) is 4.35. The molecule has 2 atom stereocenters. The van der Waals surface area contributed by atoms with Crippen LogP contribution in [0.2, 0.25) is 0 Å². The molecule has 0 aliphatic carbocycles. The molecule has 2 heteroatoms. The minimum absolute atomic E-state index is 0.332. The number of nitrogens with two attached hydrogens (primary N) is 1. The van der Waals surface area contributed by atoms with E-state index in [9.17, 15) is 0 Å². The van der Waals surface area contributed by atoms with Gasteiger partial charge in [0.1, 0.15) is 0 Å². The molecule has 0 spiro atoms. The third kappa shape index (κ3) is 2.77. The van der Waals surface area contributed by atoms with Gasteiger partial charge in [-0.1, -0.05) is 54.6 Å². The highest BCUT2D eigenvalue weighted by Crippen LogP contribution is 2.22. The molecule has 0 bridgehead atoms. The first kappa shape index (κ1) is 13.3. The minimum Gasteiger partial charge on any atom is -0.326 e. The zero-order valence-corrected chi connectivity index (χ0v) is 12.0. The lowest BCUT2D eigenvalue weighted by molar-refractivity contribution is 0.252. The van der Waals surface area contributed by atoms with Gasteiger partial charge >= 0.3 is 0 Å². The fourth-order valence-corrected chi connectivity index (χ4v) is 2.92. The normalized spacial score (nSPS) is 23.1. The Balaban J connectivity index is 1.71. The lowest BCUT2D eigenvalue weighted by atomic mass is 10.0. The van der Waals surface area contributed by atoms with Crippen LogP contribution in [0.15, 0.2) is 54.6 Å². The van der Waals surface area contributed by atoms with Crippen molar-refractivity contribution in [2.75, 3.05) is 6.54 Å². The Labute approximate surface area is 121 Å². The van der Waals surface area contributed by atoms with E-state index in [-0.39, 0.29) is 0 Å². The highest BCUT2D eigenvalue weighted by Gasteiger charge is 2.27. The first-order valence-electron chi connectivity index (χ1n) is 7.38. The van der Waals surface area contributed by atoms with Gasteiger partial charge in [-0.15, -0.1) is 0 Å². The van der Waals surface area contributed by atoms with Gasteiger partial charge in [0, 0.05) is 25.2 Å². The highest BCUT2D eigenvalue weighted by atomic mass is 15.2. The number of hydrogen-bond donors (Lipinski definition) is 1. The molecule has 2 aromatic rings. The van der Waals surface area contributed by atoms with Crippen molar-refractivity contribution < 1.29 is 0 Å². The molecule has 0 saturated carbocycles. The summed E-state index contributed by atoms with van der Waals surface area (Å²) in [6.07, 6.45) is 1.11. The second-order valence-corrected chi connectivity index (χ2v) is 5.73. The molecule has 2 N–H and O–H groups in total. The molecule has 0 radical (unpaired) electrons. The molecular formula is C18H22N2. The first-order chi connectivity index (χ1) is 9.74. The lowest BCUT2D eigenvalue weighted by Crippen LogP contribution is -2.36. The monoisotopic (exact) mass is 266 g/mol. The molecule has 0 aromatic heterocycles. The van der Waals surface area contributed by atoms with Gasteiger partial charge in [-0.05, 0) is 30.0 Å². The van der Waals surface area contributed by atoms with Crippen LogP contribution in [-0.4, -0.2) is 23.5 Å². The van der Waals surface area contributed by atoms with Crippen molar-refractivity contribution in [3.8, 4) is 11.1 Å². The summed E-state index contributed by atoms with van der Waals surface area (Å²) in [5, 5.41) is 0. The summed E-state index contributed by atoms with van der Waals surface area (Å²) in [5.74, 6) is 0. The van der Waals surface area contributed by atoms with Crippen molar-refractivity contribution in [1.82, 2.24) is 4.90 Å². The molecule has 3 rings (SSSR count). The zero-order chi connectivity index (χ0) is 13.9. The summed E-state index contributed by atoms with van der Waals surface area (Å²) < 4.78 is 0. The van der Waals surface area contributed by atoms with Gasteiger partial charge in [0.05, 0.1) is 0 Å². The molecule has 20 heavy (non-hydrogen) atoms. The smallest absolute Gasteiger partial charge is 0.0237 e. The molecule has 1 saturated heterocycles. The van der Waals surface area contributed by atoms with Crippen LogP contribution in [0.3, 0.4) is 0 Å². The van der Waals surface area contributed by atoms with Crippen molar-refractivity contribution in [1.29, 1.82) is 0 Å². The van der Waals surface area contributed by atoms with Crippen LogP contribution in [-0.2, 0) is 6.54 Å². The van der Waals surface area contributed by atoms with E-state index in [1.807, 2.05) is 0 Å². The van der Waals surface area contributed by atoms with Gasteiger partial charge in [-0.25, -0.2) is 0 Å². The van der Waals surface area contributed by atoms with Crippen LogP contribution in [0.25, 0.3) is 11.1 Å². The second-order valence-electron chi connectivity index (χ2n) is 5.73. The Bertz CT molecular complexity index is 547. The average Bonchev–Trinajstić information content (AvgIpc) is 2.81. The summed E-state index contributed by atoms with van der Waals surface area (Å²) in [6, 6.07) is 20.2. The molecule has 104 valence electrons. The van der Waals surface area contributed by atoms with E-state index in [4.69, 9.17) is 5.73 Å². The molecule has 1 heterocycles. The van der Waals surface area contributed by atoms with Gasteiger partial charge < -0.3 is 5.73 Å². The Morgan fingerprint density at radius 2 is 1.65 bits per heavy atom. The van der Waals surface area contributed by atoms with E-state index in [1.165, 1.54) is 16.7 Å². The van der Waals surface area contributed by atoms with Crippen LogP contribution in [0, 0.1) is 0 Å². The number of benzene rings is 2.